The molecule has 4 rings (SSSR count). The summed E-state index contributed by atoms with van der Waals surface area (Å²) in [6.07, 6.45) is 1.02. The molecule has 4 aromatic rings. The van der Waals surface area contributed by atoms with Crippen LogP contribution in [0.2, 0.25) is 0 Å². The van der Waals surface area contributed by atoms with Crippen molar-refractivity contribution in [3.8, 4) is 11.5 Å². The molecule has 0 aliphatic heterocycles. The van der Waals surface area contributed by atoms with Crippen molar-refractivity contribution in [2.45, 2.75) is 18.9 Å². The number of nitrogens with one attached hydrogen (secondary N) is 1. The highest BCUT2D eigenvalue weighted by atomic mass is 16.5. The zero-order chi connectivity index (χ0) is 21.6. The van der Waals surface area contributed by atoms with Gasteiger partial charge in [0.2, 0.25) is 5.91 Å². The van der Waals surface area contributed by atoms with E-state index >= 15 is 0 Å². The second kappa shape index (κ2) is 9.35. The highest BCUT2D eigenvalue weighted by molar-refractivity contribution is 5.89. The lowest BCUT2D eigenvalue weighted by molar-refractivity contribution is -0.121. The summed E-state index contributed by atoms with van der Waals surface area (Å²) in [5.74, 6) is 0.819. The molecule has 0 unspecified atom stereocenters. The van der Waals surface area contributed by atoms with Crippen molar-refractivity contribution in [2.75, 3.05) is 7.11 Å². The Labute approximate surface area is 182 Å². The molecule has 0 fully saturated rings. The Morgan fingerprint density at radius 1 is 0.903 bits per heavy atom. The molecule has 0 heterocycles. The minimum absolute atomic E-state index is 0.0722. The minimum atomic E-state index is -0.486. The van der Waals surface area contributed by atoms with Gasteiger partial charge in [-0.15, -0.1) is 0 Å². The Morgan fingerprint density at radius 2 is 1.61 bits per heavy atom. The highest BCUT2D eigenvalue weighted by Gasteiger charge is 2.22. The van der Waals surface area contributed by atoms with Gasteiger partial charge in [-0.25, -0.2) is 0 Å². The Kier molecular flexibility index (Phi) is 6.18. The first-order valence-electron chi connectivity index (χ1n) is 10.3. The number of carbonyl (C=O) groups is 1. The lowest BCUT2D eigenvalue weighted by Gasteiger charge is -2.23. The largest absolute Gasteiger partial charge is 0.508 e. The number of aryl methyl sites for hydroxylation is 1. The number of fused-ring (bicyclic) bond motifs is 1. The van der Waals surface area contributed by atoms with E-state index in [0.29, 0.717) is 18.4 Å². The van der Waals surface area contributed by atoms with Gasteiger partial charge in [0, 0.05) is 12.0 Å². The number of benzene rings is 4. The third-order valence-electron chi connectivity index (χ3n) is 5.47. The van der Waals surface area contributed by atoms with Gasteiger partial charge in [0.1, 0.15) is 11.5 Å². The molecule has 0 aliphatic rings. The first kappa shape index (κ1) is 20.5. The summed E-state index contributed by atoms with van der Waals surface area (Å²) in [5, 5.41) is 15.9. The molecule has 4 aromatic carbocycles. The average Bonchev–Trinajstić information content (AvgIpc) is 2.82. The van der Waals surface area contributed by atoms with E-state index in [2.05, 4.69) is 5.32 Å². The molecule has 0 saturated heterocycles. The summed E-state index contributed by atoms with van der Waals surface area (Å²) < 4.78 is 5.28. The van der Waals surface area contributed by atoms with Crippen molar-refractivity contribution in [1.82, 2.24) is 5.32 Å². The lowest BCUT2D eigenvalue weighted by atomic mass is 9.92. The van der Waals surface area contributed by atoms with Gasteiger partial charge >= 0.3 is 0 Å². The number of carbonyl (C=O) groups excluding carboxylic acids is 1. The SMILES string of the molecule is COc1ccc([C@H](NC(=O)CCc2ccccc2)c2c(O)ccc3ccccc23)cc1. The van der Waals surface area contributed by atoms with Gasteiger partial charge < -0.3 is 15.2 Å². The van der Waals surface area contributed by atoms with Crippen molar-refractivity contribution in [2.24, 2.45) is 0 Å². The predicted molar refractivity (Wildman–Crippen MR) is 123 cm³/mol. The maximum atomic E-state index is 12.9. The van der Waals surface area contributed by atoms with Crippen LogP contribution in [0.15, 0.2) is 91.0 Å². The van der Waals surface area contributed by atoms with Gasteiger partial charge in [-0.05, 0) is 46.5 Å². The molecule has 0 spiro atoms. The Morgan fingerprint density at radius 3 is 2.35 bits per heavy atom. The van der Waals surface area contributed by atoms with Crippen LogP contribution >= 0.6 is 0 Å². The standard InChI is InChI=1S/C27H25NO3/c1-31-22-15-12-21(13-16-22)27(28-25(30)18-11-19-7-3-2-4-8-19)26-23-10-6-5-9-20(23)14-17-24(26)29/h2-10,12-17,27,29H,11,18H2,1H3,(H,28,30)/t27-/m0/s1. The molecule has 31 heavy (non-hydrogen) atoms. The summed E-state index contributed by atoms with van der Waals surface area (Å²) in [4.78, 5) is 12.9. The van der Waals surface area contributed by atoms with Gasteiger partial charge in [-0.2, -0.15) is 0 Å². The van der Waals surface area contributed by atoms with E-state index in [-0.39, 0.29) is 11.7 Å². The molecule has 156 valence electrons. The molecule has 1 atom stereocenters. The van der Waals surface area contributed by atoms with E-state index in [1.165, 1.54) is 0 Å². The quantitative estimate of drug-likeness (QED) is 0.429. The number of methoxy groups -OCH3 is 1. The Balaban J connectivity index is 1.68. The average molecular weight is 412 g/mol. The van der Waals surface area contributed by atoms with Crippen molar-refractivity contribution in [1.29, 1.82) is 0 Å². The van der Waals surface area contributed by atoms with Crippen molar-refractivity contribution in [3.63, 3.8) is 0 Å². The van der Waals surface area contributed by atoms with Crippen molar-refractivity contribution in [3.05, 3.63) is 108 Å². The van der Waals surface area contributed by atoms with Crippen LogP contribution in [-0.2, 0) is 11.2 Å². The fourth-order valence-electron chi connectivity index (χ4n) is 3.84. The molecule has 0 aromatic heterocycles. The number of ether oxygens (including phenoxy) is 1. The van der Waals surface area contributed by atoms with Crippen molar-refractivity contribution < 1.29 is 14.6 Å². The summed E-state index contributed by atoms with van der Waals surface area (Å²) in [7, 11) is 1.62. The third-order valence-corrected chi connectivity index (χ3v) is 5.47. The molecule has 4 nitrogen and oxygen atoms in total. The van der Waals surface area contributed by atoms with E-state index in [1.807, 2.05) is 84.9 Å². The van der Waals surface area contributed by atoms with Crippen LogP contribution in [0.4, 0.5) is 0 Å². The normalized spacial score (nSPS) is 11.8. The summed E-state index contributed by atoms with van der Waals surface area (Å²) >= 11 is 0. The Hall–Kier alpha value is -3.79. The highest BCUT2D eigenvalue weighted by Crippen LogP contribution is 2.36. The molecular formula is C27H25NO3. The number of hydrogen-bond acceptors (Lipinski definition) is 3. The zero-order valence-electron chi connectivity index (χ0n) is 17.4. The molecule has 0 aliphatic carbocycles. The van der Waals surface area contributed by atoms with Crippen LogP contribution in [0.1, 0.15) is 29.2 Å². The predicted octanol–water partition coefficient (Wildman–Crippen LogP) is 5.39. The topological polar surface area (TPSA) is 58.6 Å². The van der Waals surface area contributed by atoms with Crippen LogP contribution in [-0.4, -0.2) is 18.1 Å². The third kappa shape index (κ3) is 4.69. The molecule has 1 amide bonds. The van der Waals surface area contributed by atoms with Crippen LogP contribution in [0, 0.1) is 0 Å². The Bertz CT molecular complexity index is 1170. The summed E-state index contributed by atoms with van der Waals surface area (Å²) in [6.45, 7) is 0. The smallest absolute Gasteiger partial charge is 0.221 e. The number of phenolic OH excluding ortho intramolecular Hbond substituents is 1. The maximum Gasteiger partial charge on any atom is 0.221 e. The number of phenols is 1. The lowest BCUT2D eigenvalue weighted by Crippen LogP contribution is -2.29. The molecule has 2 N–H and O–H groups in total. The maximum absolute atomic E-state index is 12.9. The fraction of sp³-hybridized carbons (Fsp3) is 0.148. The molecule has 0 radical (unpaired) electrons. The second-order valence-electron chi connectivity index (χ2n) is 7.48. The van der Waals surface area contributed by atoms with Gasteiger partial charge in [0.15, 0.2) is 0 Å². The van der Waals surface area contributed by atoms with Crippen molar-refractivity contribution >= 4 is 16.7 Å². The van der Waals surface area contributed by atoms with Gasteiger partial charge in [0.05, 0.1) is 13.2 Å². The number of amides is 1. The molecule has 0 saturated carbocycles. The van der Waals surface area contributed by atoms with Crippen LogP contribution in [0.25, 0.3) is 10.8 Å². The fourth-order valence-corrected chi connectivity index (χ4v) is 3.84. The van der Waals surface area contributed by atoms with Crippen LogP contribution < -0.4 is 10.1 Å². The van der Waals surface area contributed by atoms with Gasteiger partial charge in [0.25, 0.3) is 0 Å². The zero-order valence-corrected chi connectivity index (χ0v) is 17.4. The van der Waals surface area contributed by atoms with E-state index in [9.17, 15) is 9.90 Å². The van der Waals surface area contributed by atoms with E-state index in [0.717, 1.165) is 27.6 Å². The summed E-state index contributed by atoms with van der Waals surface area (Å²) in [5.41, 5.74) is 2.68. The monoisotopic (exact) mass is 411 g/mol. The van der Waals surface area contributed by atoms with Crippen LogP contribution in [0.3, 0.4) is 0 Å². The number of hydrogen-bond donors (Lipinski definition) is 2. The van der Waals surface area contributed by atoms with Gasteiger partial charge in [-0.3, -0.25) is 4.79 Å². The van der Waals surface area contributed by atoms with E-state index in [1.54, 1.807) is 13.2 Å². The summed E-state index contributed by atoms with van der Waals surface area (Å²) in [6, 6.07) is 28.5. The van der Waals surface area contributed by atoms with E-state index < -0.39 is 6.04 Å². The first-order chi connectivity index (χ1) is 15.2. The minimum Gasteiger partial charge on any atom is -0.508 e. The van der Waals surface area contributed by atoms with Crippen LogP contribution in [0.5, 0.6) is 11.5 Å². The number of aromatic hydroxyl groups is 1. The molecule has 0 bridgehead atoms. The number of rotatable bonds is 7. The first-order valence-corrected chi connectivity index (χ1v) is 10.3. The molecular weight excluding hydrogens is 386 g/mol. The second-order valence-corrected chi connectivity index (χ2v) is 7.48. The van der Waals surface area contributed by atoms with Gasteiger partial charge in [-0.1, -0.05) is 72.8 Å². The molecule has 4 heteroatoms. The van der Waals surface area contributed by atoms with E-state index in [4.69, 9.17) is 4.74 Å².